The van der Waals surface area contributed by atoms with E-state index in [4.69, 9.17) is 4.74 Å². The van der Waals surface area contributed by atoms with E-state index >= 15 is 0 Å². The molecule has 122 valence electrons. The summed E-state index contributed by atoms with van der Waals surface area (Å²) < 4.78 is 40.9. The van der Waals surface area contributed by atoms with Crippen molar-refractivity contribution >= 4 is 17.6 Å². The minimum atomic E-state index is -4.50. The molecule has 1 unspecified atom stereocenters. The fourth-order valence-corrected chi connectivity index (χ4v) is 1.44. The molecule has 1 atom stereocenters. The number of benzene rings is 1. The van der Waals surface area contributed by atoms with E-state index in [1.54, 1.807) is 29.6 Å². The van der Waals surface area contributed by atoms with Crippen molar-refractivity contribution in [2.24, 2.45) is 0 Å². The monoisotopic (exact) mass is 319 g/mol. The van der Waals surface area contributed by atoms with E-state index in [1.807, 2.05) is 0 Å². The number of carbonyl (C=O) groups is 2. The second-order valence-electron chi connectivity index (χ2n) is 4.38. The highest BCUT2D eigenvalue weighted by Gasteiger charge is 2.28. The minimum Gasteiger partial charge on any atom is -0.497 e. The van der Waals surface area contributed by atoms with E-state index in [0.29, 0.717) is 11.4 Å². The first-order valence-electron chi connectivity index (χ1n) is 6.27. The van der Waals surface area contributed by atoms with Crippen LogP contribution in [0.25, 0.3) is 0 Å². The lowest BCUT2D eigenvalue weighted by atomic mass is 10.3. The Balaban J connectivity index is 2.44. The summed E-state index contributed by atoms with van der Waals surface area (Å²) in [5, 5.41) is 6.36. The van der Waals surface area contributed by atoms with Gasteiger partial charge in [-0.2, -0.15) is 13.2 Å². The molecule has 3 N–H and O–H groups in total. The molecular formula is C13H16F3N3O3. The maximum absolute atomic E-state index is 12.0. The largest absolute Gasteiger partial charge is 0.497 e. The molecule has 0 bridgehead atoms. The van der Waals surface area contributed by atoms with Crippen LogP contribution in [0.3, 0.4) is 0 Å². The zero-order valence-electron chi connectivity index (χ0n) is 12.0. The number of rotatable bonds is 5. The summed E-state index contributed by atoms with van der Waals surface area (Å²) in [5.74, 6) is -0.326. The van der Waals surface area contributed by atoms with Crippen molar-refractivity contribution in [3.05, 3.63) is 24.3 Å². The summed E-state index contributed by atoms with van der Waals surface area (Å²) in [6.45, 7) is -0.169. The van der Waals surface area contributed by atoms with E-state index in [-0.39, 0.29) is 0 Å². The van der Waals surface area contributed by atoms with Crippen molar-refractivity contribution in [2.75, 3.05) is 19.0 Å². The predicted molar refractivity (Wildman–Crippen MR) is 73.7 cm³/mol. The second kappa shape index (κ2) is 7.53. The van der Waals surface area contributed by atoms with Crippen molar-refractivity contribution < 1.29 is 27.5 Å². The van der Waals surface area contributed by atoms with Gasteiger partial charge in [-0.05, 0) is 31.2 Å². The fraction of sp³-hybridized carbons (Fsp3) is 0.385. The molecule has 0 aliphatic rings. The third-order valence-corrected chi connectivity index (χ3v) is 2.55. The molecule has 1 rings (SSSR count). The van der Waals surface area contributed by atoms with Crippen LogP contribution in [0.5, 0.6) is 5.75 Å². The average molecular weight is 319 g/mol. The Bertz CT molecular complexity index is 518. The van der Waals surface area contributed by atoms with Gasteiger partial charge in [-0.3, -0.25) is 4.79 Å². The normalized spacial score (nSPS) is 12.2. The molecule has 0 aromatic heterocycles. The number of hydrogen-bond acceptors (Lipinski definition) is 3. The smallest absolute Gasteiger partial charge is 0.405 e. The Labute approximate surface area is 125 Å². The summed E-state index contributed by atoms with van der Waals surface area (Å²) in [4.78, 5) is 23.0. The van der Waals surface area contributed by atoms with Crippen molar-refractivity contribution in [1.29, 1.82) is 0 Å². The topological polar surface area (TPSA) is 79.5 Å². The van der Waals surface area contributed by atoms with Gasteiger partial charge < -0.3 is 20.7 Å². The van der Waals surface area contributed by atoms with Gasteiger partial charge in [0.1, 0.15) is 18.3 Å². The van der Waals surface area contributed by atoms with Crippen LogP contribution in [0.15, 0.2) is 24.3 Å². The highest BCUT2D eigenvalue weighted by molar-refractivity contribution is 5.93. The van der Waals surface area contributed by atoms with Gasteiger partial charge in [0.15, 0.2) is 0 Å². The average Bonchev–Trinajstić information content (AvgIpc) is 2.44. The number of nitrogens with one attached hydrogen (secondary N) is 3. The van der Waals surface area contributed by atoms with Gasteiger partial charge in [0.05, 0.1) is 7.11 Å². The summed E-state index contributed by atoms with van der Waals surface area (Å²) in [6.07, 6.45) is -4.50. The van der Waals surface area contributed by atoms with E-state index in [9.17, 15) is 22.8 Å². The summed E-state index contributed by atoms with van der Waals surface area (Å²) in [7, 11) is 1.50. The number of anilines is 1. The van der Waals surface area contributed by atoms with Gasteiger partial charge in [0.25, 0.3) is 0 Å². The van der Waals surface area contributed by atoms with E-state index in [1.165, 1.54) is 14.0 Å². The van der Waals surface area contributed by atoms with Crippen LogP contribution in [0.1, 0.15) is 6.92 Å². The standard InChI is InChI=1S/C13H16F3N3O3/c1-8(11(20)17-7-13(14,15)16)18-12(21)19-9-3-5-10(22-2)6-4-9/h3-6,8H,7H2,1-2H3,(H,17,20)(H2,18,19,21). The van der Waals surface area contributed by atoms with Crippen molar-refractivity contribution in [3.63, 3.8) is 0 Å². The van der Waals surface area contributed by atoms with Crippen LogP contribution in [0, 0.1) is 0 Å². The molecule has 0 aliphatic carbocycles. The molecular weight excluding hydrogens is 303 g/mol. The maximum atomic E-state index is 12.0. The number of ether oxygens (including phenoxy) is 1. The maximum Gasteiger partial charge on any atom is 0.405 e. The van der Waals surface area contributed by atoms with Gasteiger partial charge in [0, 0.05) is 5.69 Å². The molecule has 0 saturated carbocycles. The predicted octanol–water partition coefficient (Wildman–Crippen LogP) is 1.88. The molecule has 1 aromatic carbocycles. The van der Waals surface area contributed by atoms with Gasteiger partial charge in [-0.15, -0.1) is 0 Å². The summed E-state index contributed by atoms with van der Waals surface area (Å²) in [5.41, 5.74) is 0.446. The number of carbonyl (C=O) groups excluding carboxylic acids is 2. The number of methoxy groups -OCH3 is 1. The zero-order valence-corrected chi connectivity index (χ0v) is 12.0. The molecule has 0 fully saturated rings. The molecule has 22 heavy (non-hydrogen) atoms. The molecule has 3 amide bonds. The van der Waals surface area contributed by atoms with Gasteiger partial charge in [-0.25, -0.2) is 4.79 Å². The lowest BCUT2D eigenvalue weighted by molar-refractivity contribution is -0.139. The molecule has 0 spiro atoms. The Morgan fingerprint density at radius 2 is 1.82 bits per heavy atom. The third kappa shape index (κ3) is 6.33. The molecule has 0 aliphatic heterocycles. The molecule has 1 aromatic rings. The minimum absolute atomic E-state index is 0.446. The van der Waals surface area contributed by atoms with Crippen molar-refractivity contribution in [1.82, 2.24) is 10.6 Å². The van der Waals surface area contributed by atoms with Gasteiger partial charge in [-0.1, -0.05) is 0 Å². The van der Waals surface area contributed by atoms with Crippen molar-refractivity contribution in [3.8, 4) is 5.75 Å². The van der Waals surface area contributed by atoms with Crippen LogP contribution in [-0.4, -0.2) is 37.8 Å². The molecule has 0 radical (unpaired) electrons. The Morgan fingerprint density at radius 3 is 2.32 bits per heavy atom. The van der Waals surface area contributed by atoms with Crippen LogP contribution in [0.2, 0.25) is 0 Å². The number of urea groups is 1. The number of halogens is 3. The molecule has 0 heterocycles. The lowest BCUT2D eigenvalue weighted by Gasteiger charge is -2.15. The van der Waals surface area contributed by atoms with Gasteiger partial charge in [0.2, 0.25) is 5.91 Å². The fourth-order valence-electron chi connectivity index (χ4n) is 1.44. The van der Waals surface area contributed by atoms with Crippen molar-refractivity contribution in [2.45, 2.75) is 19.1 Å². The highest BCUT2D eigenvalue weighted by Crippen LogP contribution is 2.15. The first-order valence-corrected chi connectivity index (χ1v) is 6.27. The first kappa shape index (κ1) is 17.6. The number of alkyl halides is 3. The van der Waals surface area contributed by atoms with E-state index in [2.05, 4.69) is 10.6 Å². The van der Waals surface area contributed by atoms with E-state index in [0.717, 1.165) is 0 Å². The second-order valence-corrected chi connectivity index (χ2v) is 4.38. The SMILES string of the molecule is COc1ccc(NC(=O)NC(C)C(=O)NCC(F)(F)F)cc1. The molecule has 9 heteroatoms. The number of hydrogen-bond donors (Lipinski definition) is 3. The third-order valence-electron chi connectivity index (χ3n) is 2.55. The number of amides is 3. The summed E-state index contributed by atoms with van der Waals surface area (Å²) >= 11 is 0. The Hall–Kier alpha value is -2.45. The summed E-state index contributed by atoms with van der Waals surface area (Å²) in [6, 6.07) is 4.57. The van der Waals surface area contributed by atoms with Crippen LogP contribution >= 0.6 is 0 Å². The Morgan fingerprint density at radius 1 is 1.23 bits per heavy atom. The van der Waals surface area contributed by atoms with Crippen LogP contribution in [-0.2, 0) is 4.79 Å². The van der Waals surface area contributed by atoms with Gasteiger partial charge >= 0.3 is 12.2 Å². The molecule has 0 saturated heterocycles. The van der Waals surface area contributed by atoms with Crippen LogP contribution < -0.4 is 20.7 Å². The highest BCUT2D eigenvalue weighted by atomic mass is 19.4. The quantitative estimate of drug-likeness (QED) is 0.775. The van der Waals surface area contributed by atoms with Crippen LogP contribution in [0.4, 0.5) is 23.7 Å². The molecule has 6 nitrogen and oxygen atoms in total. The first-order chi connectivity index (χ1) is 10.2. The Kier molecular flexibility index (Phi) is 6.02. The lowest BCUT2D eigenvalue weighted by Crippen LogP contribution is -2.48. The zero-order chi connectivity index (χ0) is 16.8. The van der Waals surface area contributed by atoms with E-state index < -0.39 is 30.7 Å².